The van der Waals surface area contributed by atoms with Gasteiger partial charge in [-0.1, -0.05) is 0 Å². The SMILES string of the molecule is COC(=O)c1occc1CNCC1CCCS1. The lowest BCUT2D eigenvalue weighted by molar-refractivity contribution is 0.0563. The van der Waals surface area contributed by atoms with Gasteiger partial charge < -0.3 is 14.5 Å². The van der Waals surface area contributed by atoms with E-state index in [1.165, 1.54) is 32.0 Å². The van der Waals surface area contributed by atoms with Crippen LogP contribution in [0, 0.1) is 0 Å². The second-order valence-electron chi connectivity index (χ2n) is 4.03. The minimum absolute atomic E-state index is 0.305. The molecule has 1 unspecified atom stereocenters. The lowest BCUT2D eigenvalue weighted by atomic mass is 10.2. The molecule has 0 aliphatic carbocycles. The molecule has 94 valence electrons. The smallest absolute Gasteiger partial charge is 0.374 e. The number of thioether (sulfide) groups is 1. The molecule has 1 N–H and O–H groups in total. The maximum atomic E-state index is 11.4. The molecule has 1 atom stereocenters. The Hall–Kier alpha value is -0.940. The zero-order valence-corrected chi connectivity index (χ0v) is 10.7. The van der Waals surface area contributed by atoms with Crippen LogP contribution in [0.25, 0.3) is 0 Å². The van der Waals surface area contributed by atoms with Gasteiger partial charge in [-0.25, -0.2) is 4.79 Å². The van der Waals surface area contributed by atoms with Gasteiger partial charge in [-0.05, 0) is 24.7 Å². The maximum absolute atomic E-state index is 11.4. The number of hydrogen-bond donors (Lipinski definition) is 1. The summed E-state index contributed by atoms with van der Waals surface area (Å²) in [6, 6.07) is 1.81. The minimum atomic E-state index is -0.415. The van der Waals surface area contributed by atoms with Crippen LogP contribution in [0.3, 0.4) is 0 Å². The van der Waals surface area contributed by atoms with Crippen molar-refractivity contribution in [2.24, 2.45) is 0 Å². The Morgan fingerprint density at radius 2 is 2.59 bits per heavy atom. The molecule has 0 radical (unpaired) electrons. The van der Waals surface area contributed by atoms with Gasteiger partial charge in [0, 0.05) is 23.9 Å². The third-order valence-corrected chi connectivity index (χ3v) is 4.23. The van der Waals surface area contributed by atoms with E-state index >= 15 is 0 Å². The fraction of sp³-hybridized carbons (Fsp3) is 0.583. The molecule has 2 heterocycles. The van der Waals surface area contributed by atoms with Crippen molar-refractivity contribution in [1.29, 1.82) is 0 Å². The Kier molecular flexibility index (Phi) is 4.50. The summed E-state index contributed by atoms with van der Waals surface area (Å²) in [6.07, 6.45) is 4.12. The first kappa shape index (κ1) is 12.5. The van der Waals surface area contributed by atoms with Crippen LogP contribution in [0.15, 0.2) is 16.7 Å². The number of ether oxygens (including phenoxy) is 1. The topological polar surface area (TPSA) is 51.5 Å². The molecule has 1 aromatic rings. The molecule has 1 aromatic heterocycles. The van der Waals surface area contributed by atoms with Crippen molar-refractivity contribution in [3.05, 3.63) is 23.7 Å². The highest BCUT2D eigenvalue weighted by molar-refractivity contribution is 8.00. The van der Waals surface area contributed by atoms with E-state index in [2.05, 4.69) is 10.1 Å². The van der Waals surface area contributed by atoms with Gasteiger partial charge in [0.05, 0.1) is 13.4 Å². The molecule has 1 saturated heterocycles. The van der Waals surface area contributed by atoms with Crippen LogP contribution in [0.4, 0.5) is 0 Å². The van der Waals surface area contributed by atoms with Crippen molar-refractivity contribution < 1.29 is 13.9 Å². The van der Waals surface area contributed by atoms with Crippen LogP contribution in [0.2, 0.25) is 0 Å². The number of rotatable bonds is 5. The van der Waals surface area contributed by atoms with Crippen molar-refractivity contribution in [2.45, 2.75) is 24.6 Å². The minimum Gasteiger partial charge on any atom is -0.463 e. The average molecular weight is 255 g/mol. The third kappa shape index (κ3) is 3.26. The molecule has 0 saturated carbocycles. The standard InChI is InChI=1S/C12H17NO3S/c1-15-12(14)11-9(4-5-16-11)7-13-8-10-3-2-6-17-10/h4-5,10,13H,2-3,6-8H2,1H3. The molecule has 0 aromatic carbocycles. The molecule has 4 nitrogen and oxygen atoms in total. The fourth-order valence-electron chi connectivity index (χ4n) is 1.92. The lowest BCUT2D eigenvalue weighted by Gasteiger charge is -2.09. The molecular weight excluding hydrogens is 238 g/mol. The lowest BCUT2D eigenvalue weighted by Crippen LogP contribution is -2.23. The number of furan rings is 1. The molecule has 0 bridgehead atoms. The van der Waals surface area contributed by atoms with E-state index in [4.69, 9.17) is 4.42 Å². The number of methoxy groups -OCH3 is 1. The molecule has 17 heavy (non-hydrogen) atoms. The van der Waals surface area contributed by atoms with E-state index in [-0.39, 0.29) is 0 Å². The molecule has 5 heteroatoms. The fourth-order valence-corrected chi connectivity index (χ4v) is 3.16. The summed E-state index contributed by atoms with van der Waals surface area (Å²) in [5.74, 6) is 1.16. The van der Waals surface area contributed by atoms with Gasteiger partial charge in [0.15, 0.2) is 0 Å². The summed E-state index contributed by atoms with van der Waals surface area (Å²) in [7, 11) is 1.36. The van der Waals surface area contributed by atoms with Gasteiger partial charge in [0.1, 0.15) is 0 Å². The van der Waals surface area contributed by atoms with Crippen LogP contribution >= 0.6 is 11.8 Å². The van der Waals surface area contributed by atoms with Gasteiger partial charge in [-0.15, -0.1) is 0 Å². The van der Waals surface area contributed by atoms with Crippen LogP contribution in [-0.4, -0.2) is 30.6 Å². The highest BCUT2D eigenvalue weighted by Gasteiger charge is 2.17. The largest absolute Gasteiger partial charge is 0.463 e. The number of nitrogens with one attached hydrogen (secondary N) is 1. The number of carbonyl (C=O) groups is 1. The molecular formula is C12H17NO3S. The van der Waals surface area contributed by atoms with Crippen LogP contribution in [0.1, 0.15) is 29.0 Å². The molecule has 1 aliphatic rings. The van der Waals surface area contributed by atoms with E-state index in [0.717, 1.165) is 12.1 Å². The average Bonchev–Trinajstić information content (AvgIpc) is 2.99. The molecule has 0 spiro atoms. The first-order valence-corrected chi connectivity index (χ1v) is 6.83. The third-order valence-electron chi connectivity index (χ3n) is 2.83. The molecule has 1 fully saturated rings. The van der Waals surface area contributed by atoms with Crippen LogP contribution in [-0.2, 0) is 11.3 Å². The molecule has 1 aliphatic heterocycles. The normalized spacial score (nSPS) is 19.5. The van der Waals surface area contributed by atoms with Crippen LogP contribution < -0.4 is 5.32 Å². The van der Waals surface area contributed by atoms with Crippen molar-refractivity contribution in [1.82, 2.24) is 5.32 Å². The summed E-state index contributed by atoms with van der Waals surface area (Å²) in [5.41, 5.74) is 0.861. The van der Waals surface area contributed by atoms with E-state index in [1.54, 1.807) is 6.07 Å². The Morgan fingerprint density at radius 1 is 1.71 bits per heavy atom. The summed E-state index contributed by atoms with van der Waals surface area (Å²) in [4.78, 5) is 11.4. The number of esters is 1. The van der Waals surface area contributed by atoms with Gasteiger partial charge in [-0.2, -0.15) is 11.8 Å². The van der Waals surface area contributed by atoms with E-state index in [1.807, 2.05) is 11.8 Å². The highest BCUT2D eigenvalue weighted by Crippen LogP contribution is 2.25. The van der Waals surface area contributed by atoms with Crippen molar-refractivity contribution >= 4 is 17.7 Å². The predicted octanol–water partition coefficient (Wildman–Crippen LogP) is 2.05. The monoisotopic (exact) mass is 255 g/mol. The number of carbonyl (C=O) groups excluding carboxylic acids is 1. The summed E-state index contributed by atoms with van der Waals surface area (Å²) >= 11 is 2.02. The van der Waals surface area contributed by atoms with Crippen molar-refractivity contribution in [3.63, 3.8) is 0 Å². The van der Waals surface area contributed by atoms with Gasteiger partial charge in [0.25, 0.3) is 0 Å². The quantitative estimate of drug-likeness (QED) is 0.816. The summed E-state index contributed by atoms with van der Waals surface area (Å²) in [6.45, 7) is 1.63. The van der Waals surface area contributed by atoms with Crippen LogP contribution in [0.5, 0.6) is 0 Å². The van der Waals surface area contributed by atoms with E-state index < -0.39 is 5.97 Å². The van der Waals surface area contributed by atoms with E-state index in [0.29, 0.717) is 17.6 Å². The Morgan fingerprint density at radius 3 is 3.29 bits per heavy atom. The highest BCUT2D eigenvalue weighted by atomic mass is 32.2. The first-order chi connectivity index (χ1) is 8.31. The van der Waals surface area contributed by atoms with Crippen molar-refractivity contribution in [2.75, 3.05) is 19.4 Å². The zero-order chi connectivity index (χ0) is 12.1. The van der Waals surface area contributed by atoms with Crippen molar-refractivity contribution in [3.8, 4) is 0 Å². The maximum Gasteiger partial charge on any atom is 0.374 e. The Balaban J connectivity index is 1.82. The summed E-state index contributed by atoms with van der Waals surface area (Å²) in [5, 5.41) is 4.07. The predicted molar refractivity (Wildman–Crippen MR) is 67.2 cm³/mol. The molecule has 0 amide bonds. The Bertz CT molecular complexity index is 372. The van der Waals surface area contributed by atoms with Gasteiger partial charge in [0.2, 0.25) is 5.76 Å². The Labute approximate surface area is 105 Å². The second-order valence-corrected chi connectivity index (χ2v) is 5.44. The zero-order valence-electron chi connectivity index (χ0n) is 9.90. The number of hydrogen-bond acceptors (Lipinski definition) is 5. The van der Waals surface area contributed by atoms with Gasteiger partial charge in [-0.3, -0.25) is 0 Å². The summed E-state index contributed by atoms with van der Waals surface area (Å²) < 4.78 is 9.77. The van der Waals surface area contributed by atoms with Gasteiger partial charge >= 0.3 is 5.97 Å². The second kappa shape index (κ2) is 6.12. The van der Waals surface area contributed by atoms with E-state index in [9.17, 15) is 4.79 Å². The first-order valence-electron chi connectivity index (χ1n) is 5.78. The molecule has 2 rings (SSSR count).